The topological polar surface area (TPSA) is 93.0 Å². The molecule has 116 valence electrons. The summed E-state index contributed by atoms with van der Waals surface area (Å²) in [5.41, 5.74) is 0.211. The highest BCUT2D eigenvalue weighted by molar-refractivity contribution is 7.89. The summed E-state index contributed by atoms with van der Waals surface area (Å²) in [4.78, 5) is 16.8. The Balaban J connectivity index is 2.58. The summed E-state index contributed by atoms with van der Waals surface area (Å²) in [5, 5.41) is 10.9. The standard InChI is InChI=1S/C12H17N3O5S/c1-13(20-2)21(18,19)12-9-10(15(16)17)5-6-11(12)14-7-3-4-8-14/h5-6,9H,3-4,7-8H2,1-2H3. The molecule has 1 aliphatic rings. The average Bonchev–Trinajstić information content (AvgIpc) is 2.99. The van der Waals surface area contributed by atoms with E-state index in [1.807, 2.05) is 4.90 Å². The summed E-state index contributed by atoms with van der Waals surface area (Å²) in [6.45, 7) is 1.47. The van der Waals surface area contributed by atoms with Gasteiger partial charge in [-0.15, -0.1) is 0 Å². The molecule has 21 heavy (non-hydrogen) atoms. The summed E-state index contributed by atoms with van der Waals surface area (Å²) in [5.74, 6) is 0. The fourth-order valence-corrected chi connectivity index (χ4v) is 3.48. The summed E-state index contributed by atoms with van der Waals surface area (Å²) >= 11 is 0. The van der Waals surface area contributed by atoms with Gasteiger partial charge < -0.3 is 4.90 Å². The number of hydrogen-bond acceptors (Lipinski definition) is 6. The molecular weight excluding hydrogens is 298 g/mol. The lowest BCUT2D eigenvalue weighted by Gasteiger charge is -2.23. The van der Waals surface area contributed by atoms with Gasteiger partial charge in [0.1, 0.15) is 4.90 Å². The molecule has 1 fully saturated rings. The predicted octanol–water partition coefficient (Wildman–Crippen LogP) is 1.38. The molecule has 1 aromatic carbocycles. The summed E-state index contributed by atoms with van der Waals surface area (Å²) in [7, 11) is -1.47. The van der Waals surface area contributed by atoms with E-state index in [9.17, 15) is 18.5 Å². The van der Waals surface area contributed by atoms with Crippen molar-refractivity contribution in [3.8, 4) is 0 Å². The minimum atomic E-state index is -3.95. The number of rotatable bonds is 5. The summed E-state index contributed by atoms with van der Waals surface area (Å²) in [6.07, 6.45) is 1.94. The number of sulfonamides is 1. The van der Waals surface area contributed by atoms with Gasteiger partial charge in [-0.05, 0) is 18.9 Å². The maximum atomic E-state index is 12.5. The van der Waals surface area contributed by atoms with Crippen LogP contribution in [0.2, 0.25) is 0 Å². The van der Waals surface area contributed by atoms with Crippen LogP contribution < -0.4 is 4.90 Å². The second-order valence-corrected chi connectivity index (χ2v) is 6.60. The second-order valence-electron chi connectivity index (χ2n) is 4.70. The molecule has 1 saturated heterocycles. The van der Waals surface area contributed by atoms with Crippen LogP contribution in [0.1, 0.15) is 12.8 Å². The molecule has 1 aliphatic heterocycles. The quantitative estimate of drug-likeness (QED) is 0.602. The molecule has 9 heteroatoms. The van der Waals surface area contributed by atoms with E-state index >= 15 is 0 Å². The third-order valence-corrected chi connectivity index (χ3v) is 5.18. The summed E-state index contributed by atoms with van der Waals surface area (Å²) in [6, 6.07) is 3.89. The first-order valence-electron chi connectivity index (χ1n) is 6.44. The van der Waals surface area contributed by atoms with Gasteiger partial charge in [0.05, 0.1) is 17.7 Å². The Labute approximate surface area is 123 Å². The number of hydroxylamine groups is 1. The van der Waals surface area contributed by atoms with E-state index in [4.69, 9.17) is 4.84 Å². The zero-order chi connectivity index (χ0) is 15.6. The molecule has 0 radical (unpaired) electrons. The van der Waals surface area contributed by atoms with Crippen LogP contribution in [0.5, 0.6) is 0 Å². The van der Waals surface area contributed by atoms with E-state index < -0.39 is 14.9 Å². The molecule has 0 aromatic heterocycles. The number of anilines is 1. The van der Waals surface area contributed by atoms with Crippen LogP contribution in [0.4, 0.5) is 11.4 Å². The monoisotopic (exact) mass is 315 g/mol. The van der Waals surface area contributed by atoms with E-state index in [1.165, 1.54) is 26.3 Å². The number of non-ortho nitro benzene ring substituents is 1. The van der Waals surface area contributed by atoms with Crippen LogP contribution in [0.25, 0.3) is 0 Å². The Kier molecular flexibility index (Phi) is 4.45. The molecule has 8 nitrogen and oxygen atoms in total. The van der Waals surface area contributed by atoms with Crippen molar-refractivity contribution in [3.05, 3.63) is 28.3 Å². The van der Waals surface area contributed by atoms with Gasteiger partial charge in [-0.3, -0.25) is 15.0 Å². The maximum Gasteiger partial charge on any atom is 0.270 e. The van der Waals surface area contributed by atoms with Crippen molar-refractivity contribution in [3.63, 3.8) is 0 Å². The van der Waals surface area contributed by atoms with Crippen LogP contribution in [0.3, 0.4) is 0 Å². The van der Waals surface area contributed by atoms with Crippen molar-refractivity contribution < 1.29 is 18.2 Å². The average molecular weight is 315 g/mol. The van der Waals surface area contributed by atoms with E-state index in [0.29, 0.717) is 10.2 Å². The largest absolute Gasteiger partial charge is 0.370 e. The van der Waals surface area contributed by atoms with Crippen molar-refractivity contribution in [2.24, 2.45) is 0 Å². The van der Waals surface area contributed by atoms with Gasteiger partial charge in [0.2, 0.25) is 0 Å². The molecule has 0 spiro atoms. The van der Waals surface area contributed by atoms with Crippen molar-refractivity contribution in [2.45, 2.75) is 17.7 Å². The van der Waals surface area contributed by atoms with Crippen LogP contribution in [-0.4, -0.2) is 45.1 Å². The minimum absolute atomic E-state index is 0.108. The number of nitrogens with zero attached hydrogens (tertiary/aromatic N) is 3. The highest BCUT2D eigenvalue weighted by Crippen LogP contribution is 2.33. The second kappa shape index (κ2) is 5.96. The van der Waals surface area contributed by atoms with Crippen molar-refractivity contribution in [1.82, 2.24) is 4.47 Å². The van der Waals surface area contributed by atoms with Gasteiger partial charge in [0.25, 0.3) is 15.7 Å². The molecule has 0 bridgehead atoms. The Morgan fingerprint density at radius 2 is 1.95 bits per heavy atom. The van der Waals surface area contributed by atoms with E-state index in [1.54, 1.807) is 0 Å². The predicted molar refractivity (Wildman–Crippen MR) is 76.5 cm³/mol. The fourth-order valence-electron chi connectivity index (χ4n) is 2.28. The van der Waals surface area contributed by atoms with Gasteiger partial charge in [0, 0.05) is 32.3 Å². The number of benzene rings is 1. The Hall–Kier alpha value is -1.71. The van der Waals surface area contributed by atoms with Crippen LogP contribution in [-0.2, 0) is 14.9 Å². The first-order valence-corrected chi connectivity index (χ1v) is 7.88. The molecule has 2 rings (SSSR count). The van der Waals surface area contributed by atoms with Crippen LogP contribution in [0.15, 0.2) is 23.1 Å². The number of nitro groups is 1. The Morgan fingerprint density at radius 1 is 1.33 bits per heavy atom. The maximum absolute atomic E-state index is 12.5. The van der Waals surface area contributed by atoms with E-state index in [2.05, 4.69) is 0 Å². The molecule has 0 aliphatic carbocycles. The van der Waals surface area contributed by atoms with Crippen LogP contribution >= 0.6 is 0 Å². The first-order chi connectivity index (χ1) is 9.87. The van der Waals surface area contributed by atoms with Gasteiger partial charge in [-0.2, -0.15) is 0 Å². The highest BCUT2D eigenvalue weighted by Gasteiger charge is 2.29. The normalized spacial score (nSPS) is 15.7. The number of nitro benzene ring substituents is 1. The molecule has 1 heterocycles. The minimum Gasteiger partial charge on any atom is -0.370 e. The highest BCUT2D eigenvalue weighted by atomic mass is 32.2. The zero-order valence-corrected chi connectivity index (χ0v) is 12.7. The van der Waals surface area contributed by atoms with Gasteiger partial charge >= 0.3 is 0 Å². The van der Waals surface area contributed by atoms with Gasteiger partial charge in [-0.1, -0.05) is 4.47 Å². The summed E-state index contributed by atoms with van der Waals surface area (Å²) < 4.78 is 25.6. The molecule has 0 unspecified atom stereocenters. The van der Waals surface area contributed by atoms with Crippen molar-refractivity contribution in [2.75, 3.05) is 32.1 Å². The molecular formula is C12H17N3O5S. The van der Waals surface area contributed by atoms with Crippen LogP contribution in [0, 0.1) is 10.1 Å². The Morgan fingerprint density at radius 3 is 2.48 bits per heavy atom. The lowest BCUT2D eigenvalue weighted by Crippen LogP contribution is -2.28. The molecule has 0 N–H and O–H groups in total. The molecule has 0 saturated carbocycles. The fraction of sp³-hybridized carbons (Fsp3) is 0.500. The third kappa shape index (κ3) is 2.99. The number of hydrogen-bond donors (Lipinski definition) is 0. The molecule has 0 atom stereocenters. The van der Waals surface area contributed by atoms with Crippen molar-refractivity contribution >= 4 is 21.4 Å². The van der Waals surface area contributed by atoms with Crippen molar-refractivity contribution in [1.29, 1.82) is 0 Å². The smallest absolute Gasteiger partial charge is 0.270 e. The van der Waals surface area contributed by atoms with E-state index in [-0.39, 0.29) is 10.6 Å². The Bertz CT molecular complexity index is 640. The lowest BCUT2D eigenvalue weighted by atomic mass is 10.2. The molecule has 0 amide bonds. The molecule has 1 aromatic rings. The lowest BCUT2D eigenvalue weighted by molar-refractivity contribution is -0.385. The van der Waals surface area contributed by atoms with Gasteiger partial charge in [0.15, 0.2) is 0 Å². The van der Waals surface area contributed by atoms with E-state index in [0.717, 1.165) is 32.0 Å². The zero-order valence-electron chi connectivity index (χ0n) is 11.9. The SMILES string of the molecule is CON(C)S(=O)(=O)c1cc([N+](=O)[O-])ccc1N1CCCC1. The van der Waals surface area contributed by atoms with Gasteiger partial charge in [-0.25, -0.2) is 8.42 Å². The first kappa shape index (κ1) is 15.7. The third-order valence-electron chi connectivity index (χ3n) is 3.47.